The Morgan fingerprint density at radius 2 is 2.07 bits per heavy atom. The van der Waals surface area contributed by atoms with Gasteiger partial charge >= 0.3 is 0 Å². The topological polar surface area (TPSA) is 38.5 Å². The van der Waals surface area contributed by atoms with Crippen molar-refractivity contribution >= 4 is 0 Å². The molecule has 0 bridgehead atoms. The largest absolute Gasteiger partial charge is 0.492 e. The predicted molar refractivity (Wildman–Crippen MR) is 63.1 cm³/mol. The third kappa shape index (κ3) is 3.90. The van der Waals surface area contributed by atoms with Crippen molar-refractivity contribution in [3.8, 4) is 5.75 Å². The molecule has 1 aromatic carbocycles. The Balaban J connectivity index is 2.60. The summed E-state index contributed by atoms with van der Waals surface area (Å²) in [5.41, 5.74) is 7.96. The van der Waals surface area contributed by atoms with Gasteiger partial charge < -0.3 is 15.4 Å². The zero-order valence-corrected chi connectivity index (χ0v) is 9.79. The van der Waals surface area contributed by atoms with E-state index in [1.54, 1.807) is 0 Å². The van der Waals surface area contributed by atoms with Crippen LogP contribution < -0.4 is 10.5 Å². The Morgan fingerprint density at radius 3 is 2.67 bits per heavy atom. The molecule has 3 heteroatoms. The number of rotatable bonds is 5. The fourth-order valence-corrected chi connectivity index (χ4v) is 1.35. The second-order valence-corrected chi connectivity index (χ2v) is 3.97. The molecule has 0 amide bonds. The van der Waals surface area contributed by atoms with E-state index in [4.69, 9.17) is 10.5 Å². The third-order valence-corrected chi connectivity index (χ3v) is 2.23. The molecule has 0 saturated heterocycles. The van der Waals surface area contributed by atoms with Crippen molar-refractivity contribution in [1.29, 1.82) is 0 Å². The van der Waals surface area contributed by atoms with E-state index < -0.39 is 0 Å². The summed E-state index contributed by atoms with van der Waals surface area (Å²) in [5.74, 6) is 0.907. The van der Waals surface area contributed by atoms with Gasteiger partial charge in [-0.25, -0.2) is 0 Å². The summed E-state index contributed by atoms with van der Waals surface area (Å²) in [4.78, 5) is 2.09. The summed E-state index contributed by atoms with van der Waals surface area (Å²) >= 11 is 0. The van der Waals surface area contributed by atoms with E-state index in [2.05, 4.69) is 17.9 Å². The highest BCUT2D eigenvalue weighted by Gasteiger charge is 2.02. The molecule has 84 valence electrons. The van der Waals surface area contributed by atoms with E-state index in [0.29, 0.717) is 13.2 Å². The van der Waals surface area contributed by atoms with Gasteiger partial charge in [0.25, 0.3) is 0 Å². The summed E-state index contributed by atoms with van der Waals surface area (Å²) in [6, 6.07) is 6.11. The fourth-order valence-electron chi connectivity index (χ4n) is 1.35. The lowest BCUT2D eigenvalue weighted by molar-refractivity contribution is 0.259. The van der Waals surface area contributed by atoms with Gasteiger partial charge in [-0.2, -0.15) is 0 Å². The lowest BCUT2D eigenvalue weighted by atomic mass is 10.1. The van der Waals surface area contributed by atoms with Crippen LogP contribution in [-0.2, 0) is 6.54 Å². The normalized spacial score (nSPS) is 10.7. The number of nitrogens with two attached hydrogens (primary N) is 1. The van der Waals surface area contributed by atoms with E-state index >= 15 is 0 Å². The molecule has 0 radical (unpaired) electrons. The first-order valence-corrected chi connectivity index (χ1v) is 5.20. The number of aryl methyl sites for hydroxylation is 1. The third-order valence-electron chi connectivity index (χ3n) is 2.23. The van der Waals surface area contributed by atoms with Crippen LogP contribution in [0.4, 0.5) is 0 Å². The zero-order chi connectivity index (χ0) is 11.3. The van der Waals surface area contributed by atoms with Gasteiger partial charge in [-0.15, -0.1) is 0 Å². The van der Waals surface area contributed by atoms with Crippen molar-refractivity contribution in [3.05, 3.63) is 29.3 Å². The molecule has 0 unspecified atom stereocenters. The van der Waals surface area contributed by atoms with Crippen LogP contribution in [0.15, 0.2) is 18.2 Å². The number of hydrogen-bond acceptors (Lipinski definition) is 3. The first-order valence-electron chi connectivity index (χ1n) is 5.20. The molecule has 15 heavy (non-hydrogen) atoms. The first kappa shape index (κ1) is 12.0. The van der Waals surface area contributed by atoms with Crippen molar-refractivity contribution in [2.45, 2.75) is 13.5 Å². The summed E-state index contributed by atoms with van der Waals surface area (Å²) < 4.78 is 5.67. The highest BCUT2D eigenvalue weighted by atomic mass is 16.5. The van der Waals surface area contributed by atoms with Crippen molar-refractivity contribution < 1.29 is 4.74 Å². The van der Waals surface area contributed by atoms with E-state index in [9.17, 15) is 0 Å². The average molecular weight is 208 g/mol. The van der Waals surface area contributed by atoms with E-state index in [0.717, 1.165) is 17.9 Å². The van der Waals surface area contributed by atoms with Crippen LogP contribution in [-0.4, -0.2) is 32.1 Å². The van der Waals surface area contributed by atoms with Crippen LogP contribution >= 0.6 is 0 Å². The van der Waals surface area contributed by atoms with Gasteiger partial charge in [-0.3, -0.25) is 0 Å². The summed E-state index contributed by atoms with van der Waals surface area (Å²) in [7, 11) is 4.06. The van der Waals surface area contributed by atoms with Crippen LogP contribution in [0.3, 0.4) is 0 Å². The highest BCUT2D eigenvalue weighted by molar-refractivity contribution is 5.36. The molecule has 0 fully saturated rings. The van der Waals surface area contributed by atoms with E-state index in [1.165, 1.54) is 5.56 Å². The fraction of sp³-hybridized carbons (Fsp3) is 0.500. The molecule has 1 rings (SSSR count). The van der Waals surface area contributed by atoms with Crippen molar-refractivity contribution in [2.75, 3.05) is 27.2 Å². The molecule has 0 heterocycles. The van der Waals surface area contributed by atoms with E-state index in [-0.39, 0.29) is 0 Å². The summed E-state index contributed by atoms with van der Waals surface area (Å²) in [6.07, 6.45) is 0. The highest BCUT2D eigenvalue weighted by Crippen LogP contribution is 2.19. The minimum Gasteiger partial charge on any atom is -0.492 e. The Hall–Kier alpha value is -1.06. The Bertz CT molecular complexity index is 310. The number of benzene rings is 1. The maximum Gasteiger partial charge on any atom is 0.123 e. The molecular formula is C12H20N2O. The van der Waals surface area contributed by atoms with Crippen LogP contribution in [0.25, 0.3) is 0 Å². The zero-order valence-electron chi connectivity index (χ0n) is 9.79. The minimum absolute atomic E-state index is 0.527. The Kier molecular flexibility index (Phi) is 4.59. The van der Waals surface area contributed by atoms with Crippen LogP contribution in [0.1, 0.15) is 11.1 Å². The number of hydrogen-bond donors (Lipinski definition) is 1. The first-order chi connectivity index (χ1) is 7.13. The molecule has 0 saturated carbocycles. The lowest BCUT2D eigenvalue weighted by Crippen LogP contribution is -2.20. The van der Waals surface area contributed by atoms with Crippen molar-refractivity contribution in [1.82, 2.24) is 4.90 Å². The molecule has 1 aromatic rings. The van der Waals surface area contributed by atoms with Crippen molar-refractivity contribution in [2.24, 2.45) is 5.73 Å². The molecular weight excluding hydrogens is 188 g/mol. The molecule has 0 atom stereocenters. The molecule has 0 aliphatic rings. The standard InChI is InChI=1S/C12H20N2O/c1-10-4-5-12(11(8-10)9-13)15-7-6-14(2)3/h4-5,8H,6-7,9,13H2,1-3H3. The lowest BCUT2D eigenvalue weighted by Gasteiger charge is -2.13. The second kappa shape index (κ2) is 5.73. The van der Waals surface area contributed by atoms with E-state index in [1.807, 2.05) is 26.2 Å². The van der Waals surface area contributed by atoms with Crippen molar-refractivity contribution in [3.63, 3.8) is 0 Å². The molecule has 0 spiro atoms. The van der Waals surface area contributed by atoms with Crippen LogP contribution in [0.2, 0.25) is 0 Å². The maximum absolute atomic E-state index is 5.67. The molecule has 2 N–H and O–H groups in total. The Labute approximate surface area is 91.8 Å². The minimum atomic E-state index is 0.527. The molecule has 0 aromatic heterocycles. The van der Waals surface area contributed by atoms with Gasteiger partial charge in [-0.05, 0) is 27.1 Å². The van der Waals surface area contributed by atoms with Gasteiger partial charge in [0, 0.05) is 18.7 Å². The number of ether oxygens (including phenoxy) is 1. The molecule has 3 nitrogen and oxygen atoms in total. The predicted octanol–water partition coefficient (Wildman–Crippen LogP) is 1.39. The molecule has 0 aliphatic heterocycles. The molecule has 0 aliphatic carbocycles. The van der Waals surface area contributed by atoms with Gasteiger partial charge in [0.05, 0.1) is 0 Å². The smallest absolute Gasteiger partial charge is 0.123 e. The van der Waals surface area contributed by atoms with Gasteiger partial charge in [0.15, 0.2) is 0 Å². The number of nitrogens with zero attached hydrogens (tertiary/aromatic N) is 1. The number of likely N-dealkylation sites (N-methyl/N-ethyl adjacent to an activating group) is 1. The summed E-state index contributed by atoms with van der Waals surface area (Å²) in [5, 5.41) is 0. The van der Waals surface area contributed by atoms with Crippen LogP contribution in [0, 0.1) is 6.92 Å². The van der Waals surface area contributed by atoms with Gasteiger partial charge in [-0.1, -0.05) is 17.7 Å². The van der Waals surface area contributed by atoms with Gasteiger partial charge in [0.1, 0.15) is 12.4 Å². The summed E-state index contributed by atoms with van der Waals surface area (Å²) in [6.45, 7) is 4.20. The monoisotopic (exact) mass is 208 g/mol. The second-order valence-electron chi connectivity index (χ2n) is 3.97. The Morgan fingerprint density at radius 1 is 1.33 bits per heavy atom. The van der Waals surface area contributed by atoms with Crippen LogP contribution in [0.5, 0.6) is 5.75 Å². The quantitative estimate of drug-likeness (QED) is 0.794. The van der Waals surface area contributed by atoms with Gasteiger partial charge in [0.2, 0.25) is 0 Å². The maximum atomic E-state index is 5.67. The average Bonchev–Trinajstić information content (AvgIpc) is 2.19. The SMILES string of the molecule is Cc1ccc(OCCN(C)C)c(CN)c1.